The fourth-order valence-corrected chi connectivity index (χ4v) is 8.39. The van der Waals surface area contributed by atoms with E-state index in [0.717, 1.165) is 13.8 Å². The SMILES string of the molecule is CC(C)(C(=O)OC1C(F)(F)C(C)(C(F)(F)F)OC(O)(C(F)(F)F)C1(F)F)C12NI1N2. The van der Waals surface area contributed by atoms with Crippen molar-refractivity contribution in [2.45, 2.75) is 66.1 Å². The van der Waals surface area contributed by atoms with Gasteiger partial charge in [0.1, 0.15) is 0 Å². The molecule has 0 spiro atoms. The second-order valence-electron chi connectivity index (χ2n) is 7.56. The van der Waals surface area contributed by atoms with Crippen LogP contribution in [0.5, 0.6) is 0 Å². The number of carbonyl (C=O) groups is 1. The summed E-state index contributed by atoms with van der Waals surface area (Å²) in [6.07, 6.45) is -17.7. The van der Waals surface area contributed by atoms with Gasteiger partial charge in [-0.05, 0) is 0 Å². The average Bonchev–Trinajstić information content (AvgIpc) is 3.37. The predicted molar refractivity (Wildman–Crippen MR) is 83.1 cm³/mol. The first-order chi connectivity index (χ1) is 13.0. The van der Waals surface area contributed by atoms with E-state index in [1.54, 1.807) is 0 Å². The summed E-state index contributed by atoms with van der Waals surface area (Å²) < 4.78 is 149. The minimum absolute atomic E-state index is 0.654. The van der Waals surface area contributed by atoms with Gasteiger partial charge in [0.2, 0.25) is 0 Å². The third-order valence-electron chi connectivity index (χ3n) is 5.28. The van der Waals surface area contributed by atoms with Crippen LogP contribution in [0.15, 0.2) is 0 Å². The normalized spacial score (nSPS) is 37.9. The Morgan fingerprint density at radius 3 is 1.77 bits per heavy atom. The van der Waals surface area contributed by atoms with Gasteiger partial charge < -0.3 is 0 Å². The molecule has 3 heterocycles. The van der Waals surface area contributed by atoms with E-state index in [1.165, 1.54) is 0 Å². The van der Waals surface area contributed by atoms with Gasteiger partial charge in [-0.3, -0.25) is 0 Å². The molecule has 0 radical (unpaired) electrons. The molecule has 6 nitrogen and oxygen atoms in total. The predicted octanol–water partition coefficient (Wildman–Crippen LogP) is 2.99. The molecule has 0 saturated carbocycles. The molecule has 3 atom stereocenters. The van der Waals surface area contributed by atoms with Crippen molar-refractivity contribution in [1.82, 2.24) is 7.06 Å². The van der Waals surface area contributed by atoms with E-state index in [-0.39, 0.29) is 0 Å². The van der Waals surface area contributed by atoms with Gasteiger partial charge in [0.05, 0.1) is 0 Å². The van der Waals surface area contributed by atoms with E-state index in [9.17, 15) is 53.8 Å². The van der Waals surface area contributed by atoms with Crippen LogP contribution in [0.25, 0.3) is 0 Å². The molecule has 0 bridgehead atoms. The van der Waals surface area contributed by atoms with Crippen molar-refractivity contribution in [2.24, 2.45) is 5.41 Å². The molecule has 0 aromatic rings. The van der Waals surface area contributed by atoms with E-state index in [0.29, 0.717) is 0 Å². The zero-order valence-corrected chi connectivity index (χ0v) is 17.1. The molecule has 3 unspecified atom stereocenters. The van der Waals surface area contributed by atoms with Crippen LogP contribution >= 0.6 is 20.4 Å². The Morgan fingerprint density at radius 2 is 1.43 bits per heavy atom. The van der Waals surface area contributed by atoms with Crippen molar-refractivity contribution in [2.75, 3.05) is 0 Å². The van der Waals surface area contributed by atoms with E-state index >= 15 is 0 Å². The van der Waals surface area contributed by atoms with Gasteiger partial charge in [-0.2, -0.15) is 0 Å². The van der Waals surface area contributed by atoms with Crippen LogP contribution in [0.1, 0.15) is 20.8 Å². The molecule has 0 amide bonds. The van der Waals surface area contributed by atoms with Crippen molar-refractivity contribution >= 4 is 26.3 Å². The number of esters is 1. The molecule has 17 heteroatoms. The third kappa shape index (κ3) is 2.67. The summed E-state index contributed by atoms with van der Waals surface area (Å²) >= 11 is -2.05. The first-order valence-corrected chi connectivity index (χ1v) is 11.0. The zero-order valence-electron chi connectivity index (χ0n) is 14.9. The van der Waals surface area contributed by atoms with Crippen LogP contribution in [0.2, 0.25) is 0 Å². The van der Waals surface area contributed by atoms with Crippen LogP contribution < -0.4 is 7.06 Å². The summed E-state index contributed by atoms with van der Waals surface area (Å²) in [7, 11) is 0. The Hall–Kier alpha value is -0.660. The summed E-state index contributed by atoms with van der Waals surface area (Å²) in [5, 5.41) is 9.39. The molecule has 30 heavy (non-hydrogen) atoms. The number of fused-ring (bicyclic) bond motifs is 1. The Bertz CT molecular complexity index is 743. The first kappa shape index (κ1) is 24.0. The molecule has 3 N–H and O–H groups in total. The van der Waals surface area contributed by atoms with Gasteiger partial charge in [0.25, 0.3) is 0 Å². The zero-order chi connectivity index (χ0) is 23.6. The van der Waals surface area contributed by atoms with Gasteiger partial charge in [-0.25, -0.2) is 0 Å². The van der Waals surface area contributed by atoms with E-state index in [2.05, 4.69) is 16.5 Å². The summed E-state index contributed by atoms with van der Waals surface area (Å²) in [6, 6.07) is 0. The third-order valence-corrected chi connectivity index (χ3v) is 10.4. The number of halogens is 11. The second kappa shape index (κ2) is 5.82. The van der Waals surface area contributed by atoms with Crippen molar-refractivity contribution in [3.63, 3.8) is 0 Å². The number of nitrogens with one attached hydrogen (secondary N) is 2. The standard InChI is InChI=1S/C13H13F10IN2O4/c1-6(2,13-24(25-13)26-13)5(27)29-4-8(14,15)7(3,11(18,19)20)30-10(28,9(4,16)17)12(21,22)23/h4,25-26,28H,1-3H3. The van der Waals surface area contributed by atoms with E-state index in [1.807, 2.05) is 0 Å². The topological polar surface area (TPSA) is 99.6 Å². The molecule has 3 saturated heterocycles. The Balaban J connectivity index is 2.11. The maximum absolute atomic E-state index is 14.6. The van der Waals surface area contributed by atoms with Crippen LogP contribution in [0, 0.1) is 5.41 Å². The summed E-state index contributed by atoms with van der Waals surface area (Å²) in [4.78, 5) is 12.3. The van der Waals surface area contributed by atoms with Gasteiger partial charge >= 0.3 is 168 Å². The number of aliphatic hydroxyl groups is 1. The number of hydrogen-bond acceptors (Lipinski definition) is 6. The molecule has 0 aromatic carbocycles. The molecule has 3 aliphatic rings. The number of carbonyl (C=O) groups excluding carboxylic acids is 1. The Morgan fingerprint density at radius 1 is 1.00 bits per heavy atom. The number of rotatable bonds is 3. The molecule has 176 valence electrons. The summed E-state index contributed by atoms with van der Waals surface area (Å²) in [6.45, 7) is 1.39. The first-order valence-electron chi connectivity index (χ1n) is 7.81. The van der Waals surface area contributed by atoms with Crippen molar-refractivity contribution < 1.29 is 63.3 Å². The Labute approximate surface area is 168 Å². The molecule has 3 aliphatic heterocycles. The van der Waals surface area contributed by atoms with Crippen LogP contribution in [-0.4, -0.2) is 56.4 Å². The summed E-state index contributed by atoms with van der Waals surface area (Å²) in [5.41, 5.74) is -7.17. The maximum atomic E-state index is 14.6. The van der Waals surface area contributed by atoms with Gasteiger partial charge in [-0.15, -0.1) is 0 Å². The Kier molecular flexibility index (Phi) is 4.65. The van der Waals surface area contributed by atoms with Crippen molar-refractivity contribution in [1.29, 1.82) is 0 Å². The van der Waals surface area contributed by atoms with Crippen molar-refractivity contribution in [3.05, 3.63) is 0 Å². The van der Waals surface area contributed by atoms with Gasteiger partial charge in [0, 0.05) is 0 Å². The minimum atomic E-state index is -6.67. The van der Waals surface area contributed by atoms with E-state index < -0.39 is 84.0 Å². The average molecular weight is 578 g/mol. The van der Waals surface area contributed by atoms with Crippen LogP contribution in [0.4, 0.5) is 43.9 Å². The molecule has 0 aromatic heterocycles. The monoisotopic (exact) mass is 578 g/mol. The number of hydrogen-bond donors (Lipinski definition) is 3. The molecule has 3 fully saturated rings. The number of alkyl halides is 11. The van der Waals surface area contributed by atoms with Crippen molar-refractivity contribution in [3.8, 4) is 0 Å². The fourth-order valence-electron chi connectivity index (χ4n) is 2.82. The van der Waals surface area contributed by atoms with Crippen LogP contribution in [0.3, 0.4) is 0 Å². The van der Waals surface area contributed by atoms with E-state index in [4.69, 9.17) is 0 Å². The molecular weight excluding hydrogens is 565 g/mol. The molecule has 3 rings (SSSR count). The summed E-state index contributed by atoms with van der Waals surface area (Å²) in [5.74, 6) is -20.1. The quantitative estimate of drug-likeness (QED) is 0.0907. The number of ether oxygens (including phenoxy) is 2. The van der Waals surface area contributed by atoms with Gasteiger partial charge in [-0.1, -0.05) is 0 Å². The molecular formula is C13H13F10IN2O4. The second-order valence-corrected chi connectivity index (χ2v) is 11.9. The fraction of sp³-hybridized carbons (Fsp3) is 0.923. The van der Waals surface area contributed by atoms with Crippen LogP contribution in [-0.2, 0) is 14.3 Å². The van der Waals surface area contributed by atoms with Gasteiger partial charge in [0.15, 0.2) is 0 Å². The molecule has 0 aliphatic carbocycles.